The fourth-order valence-corrected chi connectivity index (χ4v) is 2.01. The molecule has 1 aromatic carbocycles. The van der Waals surface area contributed by atoms with Gasteiger partial charge in [-0.05, 0) is 40.5 Å². The van der Waals surface area contributed by atoms with Crippen molar-refractivity contribution >= 4 is 32.6 Å². The van der Waals surface area contributed by atoms with Crippen LogP contribution >= 0.6 is 15.9 Å². The van der Waals surface area contributed by atoms with Gasteiger partial charge in [0.1, 0.15) is 5.82 Å². The Kier molecular flexibility index (Phi) is 5.77. The zero-order valence-electron chi connectivity index (χ0n) is 9.33. The Morgan fingerprint density at radius 1 is 1.53 bits per heavy atom. The van der Waals surface area contributed by atoms with Gasteiger partial charge < -0.3 is 5.32 Å². The highest BCUT2D eigenvalue weighted by Crippen LogP contribution is 2.16. The maximum absolute atomic E-state index is 13.2. The molecule has 1 rings (SSSR count). The van der Waals surface area contributed by atoms with Crippen molar-refractivity contribution in [2.24, 2.45) is 0 Å². The van der Waals surface area contributed by atoms with Crippen LogP contribution in [0.1, 0.15) is 16.8 Å². The van der Waals surface area contributed by atoms with E-state index in [0.717, 1.165) is 0 Å². The third-order valence-corrected chi connectivity index (χ3v) is 3.58. The van der Waals surface area contributed by atoms with Gasteiger partial charge in [-0.2, -0.15) is 0 Å². The van der Waals surface area contributed by atoms with E-state index in [0.29, 0.717) is 23.2 Å². The Hall–Kier alpha value is -0.750. The first-order valence-corrected chi connectivity index (χ1v) is 7.56. The zero-order valence-corrected chi connectivity index (χ0v) is 11.7. The van der Waals surface area contributed by atoms with Gasteiger partial charge in [0.05, 0.1) is 4.47 Å². The molecule has 1 N–H and O–H groups in total. The van der Waals surface area contributed by atoms with Crippen LogP contribution in [0.25, 0.3) is 0 Å². The summed E-state index contributed by atoms with van der Waals surface area (Å²) < 4.78 is 24.3. The molecule has 0 fully saturated rings. The molecule has 0 bridgehead atoms. The van der Waals surface area contributed by atoms with Crippen molar-refractivity contribution in [2.45, 2.75) is 6.42 Å². The fourth-order valence-electron chi connectivity index (χ4n) is 1.22. The Morgan fingerprint density at radius 3 is 2.82 bits per heavy atom. The molecule has 94 valence electrons. The predicted octanol–water partition coefficient (Wildman–Crippen LogP) is 2.09. The van der Waals surface area contributed by atoms with E-state index >= 15 is 0 Å². The Balaban J connectivity index is 2.47. The first-order valence-electron chi connectivity index (χ1n) is 5.04. The number of hydrogen-bond donors (Lipinski definition) is 1. The van der Waals surface area contributed by atoms with Gasteiger partial charge in [0, 0.05) is 34.9 Å². The maximum atomic E-state index is 13.2. The lowest BCUT2D eigenvalue weighted by molar-refractivity contribution is 0.0953. The van der Waals surface area contributed by atoms with Crippen LogP contribution in [0.4, 0.5) is 4.39 Å². The number of halogens is 2. The second kappa shape index (κ2) is 6.86. The number of benzene rings is 1. The highest BCUT2D eigenvalue weighted by atomic mass is 79.9. The van der Waals surface area contributed by atoms with E-state index in [4.69, 9.17) is 0 Å². The summed E-state index contributed by atoms with van der Waals surface area (Å²) in [4.78, 5) is 11.6. The van der Waals surface area contributed by atoms with Crippen LogP contribution < -0.4 is 5.32 Å². The van der Waals surface area contributed by atoms with Crippen molar-refractivity contribution in [3.63, 3.8) is 0 Å². The molecule has 0 aliphatic heterocycles. The second-order valence-electron chi connectivity index (χ2n) is 3.52. The number of amides is 1. The average molecular weight is 322 g/mol. The van der Waals surface area contributed by atoms with E-state index < -0.39 is 16.6 Å². The van der Waals surface area contributed by atoms with Gasteiger partial charge in [0.15, 0.2) is 0 Å². The minimum absolute atomic E-state index is 0.281. The summed E-state index contributed by atoms with van der Waals surface area (Å²) in [7, 11) is -0.849. The van der Waals surface area contributed by atoms with E-state index in [2.05, 4.69) is 21.2 Å². The molecule has 0 radical (unpaired) electrons. The summed E-state index contributed by atoms with van der Waals surface area (Å²) in [6.07, 6.45) is 2.26. The Morgan fingerprint density at radius 2 is 2.24 bits per heavy atom. The van der Waals surface area contributed by atoms with E-state index in [1.54, 1.807) is 12.3 Å². The molecule has 0 saturated heterocycles. The Labute approximate surface area is 110 Å². The minimum atomic E-state index is -0.849. The molecule has 0 aliphatic rings. The largest absolute Gasteiger partial charge is 0.352 e. The lowest BCUT2D eigenvalue weighted by atomic mass is 10.2. The Bertz CT molecular complexity index is 439. The first-order chi connectivity index (χ1) is 8.00. The highest BCUT2D eigenvalue weighted by molar-refractivity contribution is 9.10. The summed E-state index contributed by atoms with van der Waals surface area (Å²) in [5.74, 6) is -0.236. The van der Waals surface area contributed by atoms with Crippen LogP contribution in [0.2, 0.25) is 0 Å². The lowest BCUT2D eigenvalue weighted by Crippen LogP contribution is -2.25. The third-order valence-electron chi connectivity index (χ3n) is 2.08. The van der Waals surface area contributed by atoms with Crippen molar-refractivity contribution in [1.29, 1.82) is 0 Å². The molecule has 1 aromatic rings. The molecule has 1 atom stereocenters. The molecule has 17 heavy (non-hydrogen) atoms. The smallest absolute Gasteiger partial charge is 0.251 e. The molecule has 0 spiro atoms. The number of hydrogen-bond acceptors (Lipinski definition) is 2. The molecule has 6 heteroatoms. The number of rotatable bonds is 5. The SMILES string of the molecule is CS(=O)CCCNC(=O)c1ccc(Br)c(F)c1. The van der Waals surface area contributed by atoms with E-state index in [1.165, 1.54) is 12.1 Å². The number of carbonyl (C=O) groups excluding carboxylic acids is 1. The summed E-state index contributed by atoms with van der Waals surface area (Å²) in [5, 5.41) is 2.65. The van der Waals surface area contributed by atoms with Crippen molar-refractivity contribution in [1.82, 2.24) is 5.32 Å². The summed E-state index contributed by atoms with van der Waals surface area (Å²) in [6.45, 7) is 0.441. The molecule has 1 amide bonds. The van der Waals surface area contributed by atoms with Crippen molar-refractivity contribution in [3.05, 3.63) is 34.1 Å². The van der Waals surface area contributed by atoms with Gasteiger partial charge in [0.25, 0.3) is 5.91 Å². The summed E-state index contributed by atoms with van der Waals surface area (Å²) in [6, 6.07) is 4.21. The lowest BCUT2D eigenvalue weighted by Gasteiger charge is -2.05. The number of carbonyl (C=O) groups is 1. The van der Waals surface area contributed by atoms with Crippen LogP contribution in [0.3, 0.4) is 0 Å². The van der Waals surface area contributed by atoms with Crippen LogP contribution in [0.15, 0.2) is 22.7 Å². The standard InChI is InChI=1S/C11H13BrFNO2S/c1-17(16)6-2-5-14-11(15)8-3-4-9(12)10(13)7-8/h3-4,7H,2,5-6H2,1H3,(H,14,15). The second-order valence-corrected chi connectivity index (χ2v) is 5.92. The fraction of sp³-hybridized carbons (Fsp3) is 0.364. The molecule has 1 unspecified atom stereocenters. The normalized spacial score (nSPS) is 12.2. The van der Waals surface area contributed by atoms with Gasteiger partial charge in [-0.15, -0.1) is 0 Å². The van der Waals surface area contributed by atoms with Crippen LogP contribution in [-0.2, 0) is 10.8 Å². The van der Waals surface area contributed by atoms with Crippen LogP contribution in [0.5, 0.6) is 0 Å². The van der Waals surface area contributed by atoms with E-state index in [-0.39, 0.29) is 11.5 Å². The number of nitrogens with one attached hydrogen (secondary N) is 1. The predicted molar refractivity (Wildman–Crippen MR) is 70.0 cm³/mol. The molecule has 0 aromatic heterocycles. The third kappa shape index (κ3) is 4.95. The van der Waals surface area contributed by atoms with Crippen molar-refractivity contribution in [3.8, 4) is 0 Å². The van der Waals surface area contributed by atoms with Gasteiger partial charge in [-0.1, -0.05) is 0 Å². The zero-order chi connectivity index (χ0) is 12.8. The summed E-state index contributed by atoms with van der Waals surface area (Å²) in [5.41, 5.74) is 0.281. The highest BCUT2D eigenvalue weighted by Gasteiger charge is 2.07. The van der Waals surface area contributed by atoms with E-state index in [9.17, 15) is 13.4 Å². The van der Waals surface area contributed by atoms with Gasteiger partial charge >= 0.3 is 0 Å². The quantitative estimate of drug-likeness (QED) is 0.844. The van der Waals surface area contributed by atoms with Crippen LogP contribution in [0, 0.1) is 5.82 Å². The molecule has 0 aliphatic carbocycles. The van der Waals surface area contributed by atoms with E-state index in [1.807, 2.05) is 0 Å². The monoisotopic (exact) mass is 321 g/mol. The van der Waals surface area contributed by atoms with Gasteiger partial charge in [0.2, 0.25) is 0 Å². The first kappa shape index (κ1) is 14.3. The van der Waals surface area contributed by atoms with Gasteiger partial charge in [-0.25, -0.2) is 4.39 Å². The minimum Gasteiger partial charge on any atom is -0.352 e. The topological polar surface area (TPSA) is 46.2 Å². The molecule has 0 heterocycles. The molecule has 3 nitrogen and oxygen atoms in total. The molecular formula is C11H13BrFNO2S. The van der Waals surface area contributed by atoms with Crippen LogP contribution in [-0.4, -0.2) is 28.7 Å². The van der Waals surface area contributed by atoms with Crippen molar-refractivity contribution in [2.75, 3.05) is 18.6 Å². The van der Waals surface area contributed by atoms with Gasteiger partial charge in [-0.3, -0.25) is 9.00 Å². The molecule has 0 saturated carbocycles. The summed E-state index contributed by atoms with van der Waals surface area (Å²) >= 11 is 3.02. The van der Waals surface area contributed by atoms with Crippen molar-refractivity contribution < 1.29 is 13.4 Å². The molecular weight excluding hydrogens is 309 g/mol. The average Bonchev–Trinajstić information content (AvgIpc) is 2.27. The maximum Gasteiger partial charge on any atom is 0.251 e.